The van der Waals surface area contributed by atoms with Crippen molar-refractivity contribution < 1.29 is 49.9 Å². The summed E-state index contributed by atoms with van der Waals surface area (Å²) >= 11 is 0. The minimum Gasteiger partial charge on any atom is -0.462 e. The largest absolute Gasteiger partial charge is 0.462 e. The van der Waals surface area contributed by atoms with Crippen LogP contribution in [-0.2, 0) is 20.0 Å². The minimum atomic E-state index is -6.27. The molecule has 0 aromatic heterocycles. The molecule has 2 aromatic carbocycles. The number of esters is 1. The van der Waals surface area contributed by atoms with E-state index in [0.29, 0.717) is 12.1 Å². The molecule has 0 bridgehead atoms. The molecule has 0 fully saturated rings. The van der Waals surface area contributed by atoms with Crippen molar-refractivity contribution in [3.8, 4) is 0 Å². The Morgan fingerprint density at radius 3 is 1.82 bits per heavy atom. The number of aryl methyl sites for hydroxylation is 2. The zero-order valence-electron chi connectivity index (χ0n) is 17.7. The Morgan fingerprint density at radius 1 is 0.824 bits per heavy atom. The van der Waals surface area contributed by atoms with Gasteiger partial charge in [-0.05, 0) is 43.2 Å². The fraction of sp³-hybridized carbons (Fsp3) is 0.286. The van der Waals surface area contributed by atoms with Crippen molar-refractivity contribution in [3.05, 3.63) is 58.7 Å². The zero-order chi connectivity index (χ0) is 26.1. The van der Waals surface area contributed by atoms with Gasteiger partial charge in [0.15, 0.2) is 0 Å². The first-order valence-corrected chi connectivity index (χ1v) is 9.27. The summed E-state index contributed by atoms with van der Waals surface area (Å²) in [5.74, 6) is -3.15. The molecular formula is C21H17F7N2O4. The number of nitrogens with one attached hydrogen (secondary N) is 2. The van der Waals surface area contributed by atoms with Crippen molar-refractivity contribution in [1.82, 2.24) is 0 Å². The number of benzene rings is 2. The fourth-order valence-electron chi connectivity index (χ4n) is 3.05. The summed E-state index contributed by atoms with van der Waals surface area (Å²) in [6.07, 6.45) is -12.5. The average molecular weight is 494 g/mol. The lowest BCUT2D eigenvalue weighted by Crippen LogP contribution is -2.50. The van der Waals surface area contributed by atoms with Crippen molar-refractivity contribution >= 4 is 29.2 Å². The molecule has 0 spiro atoms. The second-order valence-corrected chi connectivity index (χ2v) is 7.12. The Morgan fingerprint density at radius 2 is 1.35 bits per heavy atom. The highest BCUT2D eigenvalue weighted by molar-refractivity contribution is 6.37. The molecule has 0 heterocycles. The third-order valence-corrected chi connectivity index (χ3v) is 4.70. The second kappa shape index (κ2) is 9.31. The van der Waals surface area contributed by atoms with Crippen LogP contribution in [0.15, 0.2) is 36.4 Å². The number of anilines is 2. The van der Waals surface area contributed by atoms with E-state index in [1.54, 1.807) is 0 Å². The summed E-state index contributed by atoms with van der Waals surface area (Å²) in [5, 5.41) is 4.52. The Hall–Kier alpha value is -3.64. The monoisotopic (exact) mass is 494 g/mol. The predicted molar refractivity (Wildman–Crippen MR) is 106 cm³/mol. The van der Waals surface area contributed by atoms with Gasteiger partial charge in [-0.25, -0.2) is 9.18 Å². The van der Waals surface area contributed by atoms with Crippen LogP contribution in [0.25, 0.3) is 0 Å². The van der Waals surface area contributed by atoms with Gasteiger partial charge in [0.25, 0.3) is 5.91 Å². The van der Waals surface area contributed by atoms with Crippen LogP contribution in [0.2, 0.25) is 0 Å². The minimum absolute atomic E-state index is 0.0319. The maximum Gasteiger partial charge on any atom is 0.435 e. The molecule has 2 rings (SSSR count). The van der Waals surface area contributed by atoms with Gasteiger partial charge in [-0.1, -0.05) is 18.2 Å². The van der Waals surface area contributed by atoms with Gasteiger partial charge in [0.1, 0.15) is 0 Å². The summed E-state index contributed by atoms with van der Waals surface area (Å²) in [6.45, 7) is 2.21. The van der Waals surface area contributed by atoms with Crippen LogP contribution in [0.1, 0.15) is 27.0 Å². The van der Waals surface area contributed by atoms with Gasteiger partial charge >= 0.3 is 29.9 Å². The number of alkyl halides is 7. The van der Waals surface area contributed by atoms with E-state index in [9.17, 15) is 45.1 Å². The van der Waals surface area contributed by atoms with E-state index in [4.69, 9.17) is 0 Å². The van der Waals surface area contributed by atoms with Gasteiger partial charge in [0, 0.05) is 22.5 Å². The molecule has 0 aliphatic carbocycles. The summed E-state index contributed by atoms with van der Waals surface area (Å²) < 4.78 is 97.0. The molecule has 0 unspecified atom stereocenters. The number of methoxy groups -OCH3 is 1. The molecule has 0 saturated heterocycles. The molecular weight excluding hydrogens is 477 g/mol. The van der Waals surface area contributed by atoms with Crippen LogP contribution in [-0.4, -0.2) is 37.2 Å². The number of hydrogen-bond donors (Lipinski definition) is 2. The maximum atomic E-state index is 14.4. The molecule has 2 aromatic rings. The van der Waals surface area contributed by atoms with Crippen LogP contribution in [0, 0.1) is 13.8 Å². The first-order chi connectivity index (χ1) is 15.5. The standard InChI is InChI=1S/C21H17F7N2O4/c1-10-7-13(19(22,20(23,24)25)21(26,27)28)8-11(2)15(10)30-16(31)12-5-4-6-14(9-12)29-17(32)18(33)34-3/h4-9H,1-3H3,(H,29,32)(H,30,31). The topological polar surface area (TPSA) is 84.5 Å². The van der Waals surface area contributed by atoms with E-state index in [0.717, 1.165) is 27.0 Å². The molecule has 0 aliphatic rings. The highest BCUT2D eigenvalue weighted by atomic mass is 19.4. The van der Waals surface area contributed by atoms with E-state index >= 15 is 0 Å². The van der Waals surface area contributed by atoms with E-state index in [2.05, 4.69) is 15.4 Å². The lowest BCUT2D eigenvalue weighted by molar-refractivity contribution is -0.348. The Labute approximate surface area is 188 Å². The third kappa shape index (κ3) is 5.13. The van der Waals surface area contributed by atoms with E-state index < -0.39 is 41.4 Å². The molecule has 6 nitrogen and oxygen atoms in total. The molecule has 0 saturated carbocycles. The molecule has 184 valence electrons. The summed E-state index contributed by atoms with van der Waals surface area (Å²) in [4.78, 5) is 35.4. The predicted octanol–water partition coefficient (Wildman–Crippen LogP) is 4.96. The van der Waals surface area contributed by atoms with Crippen molar-refractivity contribution in [2.75, 3.05) is 17.7 Å². The number of amides is 2. The molecule has 2 N–H and O–H groups in total. The van der Waals surface area contributed by atoms with E-state index in [1.807, 2.05) is 0 Å². The van der Waals surface area contributed by atoms with Crippen molar-refractivity contribution in [2.45, 2.75) is 31.9 Å². The second-order valence-electron chi connectivity index (χ2n) is 7.12. The highest BCUT2D eigenvalue weighted by Gasteiger charge is 2.73. The molecule has 34 heavy (non-hydrogen) atoms. The smallest absolute Gasteiger partial charge is 0.435 e. The van der Waals surface area contributed by atoms with Gasteiger partial charge in [0.05, 0.1) is 7.11 Å². The Kier molecular flexibility index (Phi) is 7.29. The van der Waals surface area contributed by atoms with Gasteiger partial charge < -0.3 is 15.4 Å². The van der Waals surface area contributed by atoms with Crippen LogP contribution in [0.3, 0.4) is 0 Å². The molecule has 2 amide bonds. The normalized spacial score (nSPS) is 12.2. The third-order valence-electron chi connectivity index (χ3n) is 4.70. The van der Waals surface area contributed by atoms with Crippen molar-refractivity contribution in [3.63, 3.8) is 0 Å². The lowest BCUT2D eigenvalue weighted by atomic mass is 9.90. The SMILES string of the molecule is COC(=O)C(=O)Nc1cccc(C(=O)Nc2c(C)cc(C(F)(C(F)(F)F)C(F)(F)F)cc2C)c1. The van der Waals surface area contributed by atoms with Crippen molar-refractivity contribution in [2.24, 2.45) is 0 Å². The van der Waals surface area contributed by atoms with Gasteiger partial charge in [-0.15, -0.1) is 0 Å². The number of halogens is 7. The van der Waals surface area contributed by atoms with Crippen LogP contribution in [0.4, 0.5) is 42.1 Å². The number of ether oxygens (including phenoxy) is 1. The van der Waals surface area contributed by atoms with Gasteiger partial charge in [-0.3, -0.25) is 9.59 Å². The number of carbonyl (C=O) groups excluding carboxylic acids is 3. The summed E-state index contributed by atoms with van der Waals surface area (Å²) in [5.41, 5.74) is -7.97. The first kappa shape index (κ1) is 26.6. The van der Waals surface area contributed by atoms with Crippen LogP contribution in [0.5, 0.6) is 0 Å². The number of carbonyl (C=O) groups is 3. The summed E-state index contributed by atoms with van der Waals surface area (Å²) in [6, 6.07) is 5.86. The van der Waals surface area contributed by atoms with Gasteiger partial charge in [-0.2, -0.15) is 26.3 Å². The Balaban J connectivity index is 2.38. The van der Waals surface area contributed by atoms with E-state index in [-0.39, 0.29) is 28.1 Å². The first-order valence-electron chi connectivity index (χ1n) is 9.27. The lowest BCUT2D eigenvalue weighted by Gasteiger charge is -2.31. The molecule has 0 aliphatic heterocycles. The Bertz CT molecular complexity index is 1090. The van der Waals surface area contributed by atoms with E-state index in [1.165, 1.54) is 18.2 Å². The zero-order valence-corrected chi connectivity index (χ0v) is 17.7. The van der Waals surface area contributed by atoms with Crippen LogP contribution < -0.4 is 10.6 Å². The molecule has 0 atom stereocenters. The summed E-state index contributed by atoms with van der Waals surface area (Å²) in [7, 11) is 0.984. The van der Waals surface area contributed by atoms with Crippen LogP contribution >= 0.6 is 0 Å². The van der Waals surface area contributed by atoms with Crippen molar-refractivity contribution in [1.29, 1.82) is 0 Å². The average Bonchev–Trinajstić information content (AvgIpc) is 2.73. The highest BCUT2D eigenvalue weighted by Crippen LogP contribution is 2.53. The molecule has 0 radical (unpaired) electrons. The van der Waals surface area contributed by atoms with Gasteiger partial charge in [0.2, 0.25) is 0 Å². The quantitative estimate of drug-likeness (QED) is 0.358. The fourth-order valence-corrected chi connectivity index (χ4v) is 3.05. The molecule has 13 heteroatoms. The maximum absolute atomic E-state index is 14.4. The number of rotatable bonds is 4. The number of hydrogen-bond acceptors (Lipinski definition) is 4.